The van der Waals surface area contributed by atoms with Gasteiger partial charge in [-0.25, -0.2) is 9.90 Å². The SMILES string of the molecule is C=CC[O].O=C(O)O. The van der Waals surface area contributed by atoms with Crippen LogP contribution in [0.5, 0.6) is 0 Å². The van der Waals surface area contributed by atoms with E-state index in [0.717, 1.165) is 0 Å². The second-order valence-corrected chi connectivity index (χ2v) is 0.738. The van der Waals surface area contributed by atoms with Crippen LogP contribution in [0.4, 0.5) is 4.79 Å². The number of hydrogen-bond donors (Lipinski definition) is 2. The van der Waals surface area contributed by atoms with E-state index in [1.165, 1.54) is 6.08 Å². The standard InChI is InChI=1S/C3H5O.CH2O3/c1-2-3-4;2-1(3)4/h2H,1,3H2;(H2,2,3,4). The minimum Gasteiger partial charge on any atom is -0.450 e. The van der Waals surface area contributed by atoms with E-state index in [0.29, 0.717) is 0 Å². The topological polar surface area (TPSA) is 77.4 Å². The predicted octanol–water partition coefficient (Wildman–Crippen LogP) is 0.825. The Kier molecular flexibility index (Phi) is 11.8. The van der Waals surface area contributed by atoms with E-state index in [2.05, 4.69) is 6.58 Å². The van der Waals surface area contributed by atoms with Gasteiger partial charge in [-0.3, -0.25) is 0 Å². The molecule has 0 aromatic rings. The Hall–Kier alpha value is -1.03. The van der Waals surface area contributed by atoms with Gasteiger partial charge in [-0.05, 0) is 0 Å². The molecule has 0 aliphatic heterocycles. The smallest absolute Gasteiger partial charge is 0.450 e. The van der Waals surface area contributed by atoms with Crippen LogP contribution in [0, 0.1) is 0 Å². The molecule has 0 aromatic heterocycles. The average molecular weight is 119 g/mol. The van der Waals surface area contributed by atoms with Crippen LogP contribution in [0.15, 0.2) is 12.7 Å². The number of carboxylic acid groups (broad SMARTS) is 2. The van der Waals surface area contributed by atoms with Gasteiger partial charge in [0, 0.05) is 0 Å². The second-order valence-electron chi connectivity index (χ2n) is 0.738. The third kappa shape index (κ3) is 87000. The highest BCUT2D eigenvalue weighted by molar-refractivity contribution is 5.53. The third-order valence-electron chi connectivity index (χ3n) is 0.118. The van der Waals surface area contributed by atoms with Gasteiger partial charge in [0.25, 0.3) is 0 Å². The molecule has 47 valence electrons. The van der Waals surface area contributed by atoms with Crippen LogP contribution >= 0.6 is 0 Å². The second kappa shape index (κ2) is 9.36. The largest absolute Gasteiger partial charge is 0.503 e. The minimum absolute atomic E-state index is 0.167. The summed E-state index contributed by atoms with van der Waals surface area (Å²) in [6, 6.07) is 0. The van der Waals surface area contributed by atoms with E-state index in [1.54, 1.807) is 0 Å². The van der Waals surface area contributed by atoms with Crippen molar-refractivity contribution in [2.75, 3.05) is 6.61 Å². The minimum atomic E-state index is -1.83. The molecular formula is C4H7O4. The van der Waals surface area contributed by atoms with Crippen molar-refractivity contribution in [2.45, 2.75) is 0 Å². The van der Waals surface area contributed by atoms with E-state index >= 15 is 0 Å². The van der Waals surface area contributed by atoms with Crippen LogP contribution in [0.3, 0.4) is 0 Å². The van der Waals surface area contributed by atoms with E-state index in [1.807, 2.05) is 0 Å². The molecule has 0 amide bonds. The Morgan fingerprint density at radius 2 is 1.75 bits per heavy atom. The normalized spacial score (nSPS) is 6.12. The highest BCUT2D eigenvalue weighted by atomic mass is 16.6. The van der Waals surface area contributed by atoms with Crippen molar-refractivity contribution >= 4 is 6.16 Å². The molecule has 0 bridgehead atoms. The maximum Gasteiger partial charge on any atom is 0.503 e. The lowest BCUT2D eigenvalue weighted by molar-refractivity contribution is 0.137. The Balaban J connectivity index is 0. The Bertz CT molecular complexity index is 64.4. The summed E-state index contributed by atoms with van der Waals surface area (Å²) in [5.74, 6) is 0. The van der Waals surface area contributed by atoms with Gasteiger partial charge in [0.1, 0.15) is 6.61 Å². The highest BCUT2D eigenvalue weighted by Gasteiger charge is 1.70. The molecule has 2 N–H and O–H groups in total. The monoisotopic (exact) mass is 119 g/mol. The predicted molar refractivity (Wildman–Crippen MR) is 26.4 cm³/mol. The number of carbonyl (C=O) groups is 1. The van der Waals surface area contributed by atoms with Crippen LogP contribution in [0.25, 0.3) is 0 Å². The molecule has 4 heteroatoms. The van der Waals surface area contributed by atoms with E-state index in [9.17, 15) is 5.11 Å². The van der Waals surface area contributed by atoms with Crippen LogP contribution in [0.2, 0.25) is 0 Å². The van der Waals surface area contributed by atoms with Gasteiger partial charge < -0.3 is 10.2 Å². The zero-order valence-corrected chi connectivity index (χ0v) is 4.20. The van der Waals surface area contributed by atoms with Gasteiger partial charge in [-0.15, -0.1) is 6.58 Å². The average Bonchev–Trinajstić information content (AvgIpc) is 1.65. The molecule has 1 radical (unpaired) electrons. The molecule has 0 saturated heterocycles. The molecule has 0 heterocycles. The quantitative estimate of drug-likeness (QED) is 0.501. The van der Waals surface area contributed by atoms with E-state index in [-0.39, 0.29) is 6.61 Å². The van der Waals surface area contributed by atoms with Gasteiger partial charge in [0.15, 0.2) is 0 Å². The summed E-state index contributed by atoms with van der Waals surface area (Å²) >= 11 is 0. The summed E-state index contributed by atoms with van der Waals surface area (Å²) in [4.78, 5) is 8.56. The lowest BCUT2D eigenvalue weighted by Crippen LogP contribution is -1.81. The van der Waals surface area contributed by atoms with Gasteiger partial charge in [-0.1, -0.05) is 6.08 Å². The van der Waals surface area contributed by atoms with Gasteiger partial charge >= 0.3 is 6.16 Å². The van der Waals surface area contributed by atoms with Crippen LogP contribution in [-0.2, 0) is 5.11 Å². The number of hydrogen-bond acceptors (Lipinski definition) is 1. The first-order chi connectivity index (χ1) is 3.65. The van der Waals surface area contributed by atoms with Crippen molar-refractivity contribution in [3.63, 3.8) is 0 Å². The fraction of sp³-hybridized carbons (Fsp3) is 0.250. The Labute approximate surface area is 46.7 Å². The van der Waals surface area contributed by atoms with Crippen molar-refractivity contribution in [3.05, 3.63) is 12.7 Å². The molecule has 0 unspecified atom stereocenters. The van der Waals surface area contributed by atoms with Gasteiger partial charge in [0.2, 0.25) is 0 Å². The molecule has 0 aliphatic carbocycles. The van der Waals surface area contributed by atoms with Crippen LogP contribution < -0.4 is 0 Å². The molecule has 0 atom stereocenters. The first kappa shape index (κ1) is 10.1. The lowest BCUT2D eigenvalue weighted by atomic mass is 10.7. The van der Waals surface area contributed by atoms with Crippen molar-refractivity contribution in [1.82, 2.24) is 0 Å². The van der Waals surface area contributed by atoms with E-state index < -0.39 is 6.16 Å². The third-order valence-corrected chi connectivity index (χ3v) is 0.118. The Morgan fingerprint density at radius 1 is 1.62 bits per heavy atom. The zero-order chi connectivity index (χ0) is 6.99. The lowest BCUT2D eigenvalue weighted by Gasteiger charge is -1.60. The molecular weight excluding hydrogens is 112 g/mol. The summed E-state index contributed by atoms with van der Waals surface area (Å²) in [5, 5.41) is 23.1. The van der Waals surface area contributed by atoms with E-state index in [4.69, 9.17) is 15.0 Å². The number of rotatable bonds is 1. The molecule has 0 spiro atoms. The summed E-state index contributed by atoms with van der Waals surface area (Å²) in [5.41, 5.74) is 0. The summed E-state index contributed by atoms with van der Waals surface area (Å²) < 4.78 is 0. The van der Waals surface area contributed by atoms with Gasteiger partial charge in [-0.2, -0.15) is 0 Å². The van der Waals surface area contributed by atoms with Crippen LogP contribution in [-0.4, -0.2) is 23.0 Å². The van der Waals surface area contributed by atoms with Crippen molar-refractivity contribution in [1.29, 1.82) is 0 Å². The molecule has 8 heavy (non-hydrogen) atoms. The molecule has 0 saturated carbocycles. The molecule has 0 aromatic carbocycles. The van der Waals surface area contributed by atoms with Gasteiger partial charge in [0.05, 0.1) is 0 Å². The Morgan fingerprint density at radius 3 is 1.75 bits per heavy atom. The fourth-order valence-corrected chi connectivity index (χ4v) is 0. The first-order valence-electron chi connectivity index (χ1n) is 1.76. The summed E-state index contributed by atoms with van der Waals surface area (Å²) in [6.45, 7) is 3.00. The summed E-state index contributed by atoms with van der Waals surface area (Å²) in [6.07, 6.45) is -0.514. The first-order valence-corrected chi connectivity index (χ1v) is 1.76. The molecule has 4 nitrogen and oxygen atoms in total. The summed E-state index contributed by atoms with van der Waals surface area (Å²) in [7, 11) is 0. The zero-order valence-electron chi connectivity index (χ0n) is 4.20. The molecule has 0 aliphatic rings. The molecule has 0 fully saturated rings. The maximum atomic E-state index is 9.18. The van der Waals surface area contributed by atoms with Crippen molar-refractivity contribution in [3.8, 4) is 0 Å². The molecule has 0 rings (SSSR count). The van der Waals surface area contributed by atoms with Crippen molar-refractivity contribution in [2.24, 2.45) is 0 Å². The van der Waals surface area contributed by atoms with Crippen molar-refractivity contribution < 1.29 is 20.1 Å². The van der Waals surface area contributed by atoms with Crippen LogP contribution in [0.1, 0.15) is 0 Å². The highest BCUT2D eigenvalue weighted by Crippen LogP contribution is 1.48. The maximum absolute atomic E-state index is 9.18. The fourth-order valence-electron chi connectivity index (χ4n) is 0.